The maximum atomic E-state index is 12.6. The molecule has 0 spiro atoms. The molecule has 11 heteroatoms. The van der Waals surface area contributed by atoms with Crippen molar-refractivity contribution in [1.82, 2.24) is 19.5 Å². The molecule has 3 aromatic rings. The van der Waals surface area contributed by atoms with Crippen LogP contribution in [-0.4, -0.2) is 48.9 Å². The summed E-state index contributed by atoms with van der Waals surface area (Å²) in [5.74, 6) is -0.988. The van der Waals surface area contributed by atoms with Gasteiger partial charge in [-0.1, -0.05) is 12.1 Å². The number of aliphatic hydroxyl groups is 1. The van der Waals surface area contributed by atoms with Crippen LogP contribution in [0.3, 0.4) is 0 Å². The minimum Gasteiger partial charge on any atom is -0.508 e. The molecule has 2 atom stereocenters. The van der Waals surface area contributed by atoms with Gasteiger partial charge < -0.3 is 19.7 Å². The second-order valence-corrected chi connectivity index (χ2v) is 6.66. The Bertz CT molecular complexity index is 1260. The second-order valence-electron chi connectivity index (χ2n) is 6.66. The summed E-state index contributed by atoms with van der Waals surface area (Å²) in [4.78, 5) is 46.7. The van der Waals surface area contributed by atoms with Crippen molar-refractivity contribution < 1.29 is 24.5 Å². The van der Waals surface area contributed by atoms with Crippen molar-refractivity contribution in [1.29, 1.82) is 0 Å². The Morgan fingerprint density at radius 3 is 2.55 bits per heavy atom. The summed E-state index contributed by atoms with van der Waals surface area (Å²) in [6, 6.07) is 6.02. The third-order valence-electron chi connectivity index (χ3n) is 4.41. The number of phenols is 1. The van der Waals surface area contributed by atoms with Crippen LogP contribution in [0.15, 0.2) is 45.8 Å². The Hall–Kier alpha value is -3.99. The number of benzene rings is 1. The smallest absolute Gasteiger partial charge is 0.374 e. The molecule has 0 radical (unpaired) electrons. The Labute approximate surface area is 175 Å². The largest absolute Gasteiger partial charge is 0.508 e. The van der Waals surface area contributed by atoms with Crippen LogP contribution in [0, 0.1) is 0 Å². The average Bonchev–Trinajstić information content (AvgIpc) is 2.74. The molecule has 0 bridgehead atoms. The summed E-state index contributed by atoms with van der Waals surface area (Å²) in [5, 5.41) is 19.5. The molecule has 1 aromatic carbocycles. The quantitative estimate of drug-likeness (QED) is 0.287. The minimum atomic E-state index is -1.26. The van der Waals surface area contributed by atoms with Gasteiger partial charge in [-0.2, -0.15) is 0 Å². The van der Waals surface area contributed by atoms with E-state index in [1.807, 2.05) is 0 Å². The van der Waals surface area contributed by atoms with Gasteiger partial charge in [0.25, 0.3) is 5.56 Å². The molecule has 0 amide bonds. The number of phenolic OH excluding ortho intramolecular Hbond substituents is 1. The lowest BCUT2D eigenvalue weighted by atomic mass is 10.1. The number of aromatic amines is 1. The van der Waals surface area contributed by atoms with E-state index >= 15 is 0 Å². The number of hydrogen-bond donors (Lipinski definition) is 3. The lowest BCUT2D eigenvalue weighted by Crippen LogP contribution is -2.30. The van der Waals surface area contributed by atoms with Crippen molar-refractivity contribution in [2.75, 3.05) is 7.11 Å². The molecule has 3 N–H and O–H groups in total. The zero-order chi connectivity index (χ0) is 22.7. The van der Waals surface area contributed by atoms with Crippen LogP contribution in [0.4, 0.5) is 0 Å². The van der Waals surface area contributed by atoms with Crippen LogP contribution < -0.4 is 11.2 Å². The number of aromatic hydroxyl groups is 1. The zero-order valence-corrected chi connectivity index (χ0v) is 16.9. The molecule has 11 nitrogen and oxygen atoms in total. The maximum Gasteiger partial charge on any atom is 0.374 e. The predicted octanol–water partition coefficient (Wildman–Crippen LogP) is 0.375. The van der Waals surface area contributed by atoms with Crippen LogP contribution in [-0.2, 0) is 21.3 Å². The van der Waals surface area contributed by atoms with Crippen molar-refractivity contribution in [2.45, 2.75) is 19.1 Å². The summed E-state index contributed by atoms with van der Waals surface area (Å²) < 4.78 is 11.6. The number of fused-ring (bicyclic) bond motifs is 1. The van der Waals surface area contributed by atoms with Crippen LogP contribution in [0.25, 0.3) is 17.2 Å². The molecule has 2 heterocycles. The van der Waals surface area contributed by atoms with Crippen molar-refractivity contribution in [2.24, 2.45) is 7.05 Å². The van der Waals surface area contributed by atoms with Gasteiger partial charge in [0.15, 0.2) is 17.3 Å². The Morgan fingerprint density at radius 2 is 1.94 bits per heavy atom. The molecule has 0 aliphatic heterocycles. The molecular weight excluding hydrogens is 408 g/mol. The minimum absolute atomic E-state index is 0.0140. The zero-order valence-electron chi connectivity index (χ0n) is 16.9. The first-order valence-electron chi connectivity index (χ1n) is 9.11. The third kappa shape index (κ3) is 4.61. The van der Waals surface area contributed by atoms with Crippen molar-refractivity contribution in [3.05, 3.63) is 68.3 Å². The number of aryl methyl sites for hydroxylation is 1. The second kappa shape index (κ2) is 8.79. The predicted molar refractivity (Wildman–Crippen MR) is 109 cm³/mol. The van der Waals surface area contributed by atoms with Gasteiger partial charge in [0, 0.05) is 7.05 Å². The third-order valence-corrected chi connectivity index (χ3v) is 4.41. The van der Waals surface area contributed by atoms with Crippen molar-refractivity contribution in [3.63, 3.8) is 0 Å². The van der Waals surface area contributed by atoms with Crippen LogP contribution in [0.5, 0.6) is 5.75 Å². The Kier molecular flexibility index (Phi) is 6.16. The number of carbonyl (C=O) groups excluding carboxylic acids is 1. The van der Waals surface area contributed by atoms with E-state index in [0.29, 0.717) is 5.56 Å². The molecule has 3 rings (SSSR count). The van der Waals surface area contributed by atoms with Crippen molar-refractivity contribution >= 4 is 23.2 Å². The lowest BCUT2D eigenvalue weighted by Gasteiger charge is -2.20. The number of H-pyrrole nitrogens is 1. The van der Waals surface area contributed by atoms with Crippen molar-refractivity contribution in [3.8, 4) is 5.75 Å². The highest BCUT2D eigenvalue weighted by Crippen LogP contribution is 2.23. The van der Waals surface area contributed by atoms with Gasteiger partial charge in [-0.15, -0.1) is 0 Å². The fourth-order valence-electron chi connectivity index (χ4n) is 2.77. The number of nitrogens with one attached hydrogen (secondary N) is 1. The maximum absolute atomic E-state index is 12.6. The van der Waals surface area contributed by atoms with E-state index < -0.39 is 29.4 Å². The number of esters is 1. The SMILES string of the molecule is CO/C(=C\c1ccc(O)cc1)C(=O)O[C@H](c1cnc2c(n1)c(=O)[nH]c(=O)n2C)[C@@H](C)O. The summed E-state index contributed by atoms with van der Waals surface area (Å²) in [6.07, 6.45) is 0.142. The van der Waals surface area contributed by atoms with Gasteiger partial charge in [-0.05, 0) is 30.7 Å². The molecule has 0 unspecified atom stereocenters. The highest BCUT2D eigenvalue weighted by molar-refractivity contribution is 5.91. The highest BCUT2D eigenvalue weighted by Gasteiger charge is 2.27. The number of aromatic nitrogens is 4. The van der Waals surface area contributed by atoms with Gasteiger partial charge >= 0.3 is 11.7 Å². The number of nitrogens with zero attached hydrogens (tertiary/aromatic N) is 3. The molecule has 2 aromatic heterocycles. The average molecular weight is 428 g/mol. The van der Waals surface area contributed by atoms with E-state index in [2.05, 4.69) is 15.0 Å². The van der Waals surface area contributed by atoms with Crippen LogP contribution >= 0.6 is 0 Å². The summed E-state index contributed by atoms with van der Waals surface area (Å²) in [5.41, 5.74) is -0.931. The number of rotatable bonds is 6. The number of carbonyl (C=O) groups is 1. The van der Waals surface area contributed by atoms with E-state index in [1.165, 1.54) is 45.5 Å². The van der Waals surface area contributed by atoms with Gasteiger partial charge in [0.05, 0.1) is 19.4 Å². The normalized spacial score (nSPS) is 13.6. The Balaban J connectivity index is 1.95. The molecule has 0 fully saturated rings. The van der Waals surface area contributed by atoms with Gasteiger partial charge in [0.1, 0.15) is 11.4 Å². The molecule has 0 aliphatic rings. The van der Waals surface area contributed by atoms with E-state index in [4.69, 9.17) is 9.47 Å². The number of methoxy groups -OCH3 is 1. The van der Waals surface area contributed by atoms with E-state index in [1.54, 1.807) is 12.1 Å². The van der Waals surface area contributed by atoms with E-state index in [0.717, 1.165) is 4.57 Å². The Morgan fingerprint density at radius 1 is 1.26 bits per heavy atom. The molecule has 162 valence electrons. The summed E-state index contributed by atoms with van der Waals surface area (Å²) >= 11 is 0. The first-order chi connectivity index (χ1) is 14.7. The van der Waals surface area contributed by atoms with E-state index in [-0.39, 0.29) is 28.4 Å². The molecule has 0 saturated heterocycles. The number of hydrogen-bond acceptors (Lipinski definition) is 9. The monoisotopic (exact) mass is 428 g/mol. The fourth-order valence-corrected chi connectivity index (χ4v) is 2.77. The molecule has 0 aliphatic carbocycles. The lowest BCUT2D eigenvalue weighted by molar-refractivity contribution is -0.154. The fraction of sp³-hybridized carbons (Fsp3) is 0.250. The van der Waals surface area contributed by atoms with Crippen LogP contribution in [0.1, 0.15) is 24.3 Å². The molecule has 0 saturated carbocycles. The number of ether oxygens (including phenoxy) is 2. The topological polar surface area (TPSA) is 157 Å². The van der Waals surface area contributed by atoms with Crippen LogP contribution in [0.2, 0.25) is 0 Å². The molecular formula is C20H20N4O7. The van der Waals surface area contributed by atoms with Gasteiger partial charge in [-0.25, -0.2) is 19.6 Å². The van der Waals surface area contributed by atoms with Gasteiger partial charge in [0.2, 0.25) is 5.76 Å². The first kappa shape index (κ1) is 21.7. The molecule has 31 heavy (non-hydrogen) atoms. The number of aliphatic hydroxyl groups excluding tert-OH is 1. The van der Waals surface area contributed by atoms with E-state index in [9.17, 15) is 24.6 Å². The summed E-state index contributed by atoms with van der Waals surface area (Å²) in [7, 11) is 2.70. The summed E-state index contributed by atoms with van der Waals surface area (Å²) in [6.45, 7) is 1.38. The standard InChI is InChI=1S/C20H20N4O7/c1-10(25)16(13-9-21-17-15(22-13)18(27)23-20(29)24(17)2)31-19(28)14(30-3)8-11-4-6-12(26)7-5-11/h4-10,16,25-26H,1-3H3,(H,23,27,29)/b14-8-/t10-,16+/m1/s1. The highest BCUT2D eigenvalue weighted by atomic mass is 16.6. The first-order valence-corrected chi connectivity index (χ1v) is 9.11. The van der Waals surface area contributed by atoms with Gasteiger partial charge in [-0.3, -0.25) is 14.3 Å².